The predicted molar refractivity (Wildman–Crippen MR) is 113 cm³/mol. The fourth-order valence-electron chi connectivity index (χ4n) is 4.52. The molecule has 172 valence electrons. The fourth-order valence-corrected chi connectivity index (χ4v) is 6.42. The molecule has 2 N–H and O–H groups in total. The van der Waals surface area contributed by atoms with Gasteiger partial charge in [0.2, 0.25) is 5.88 Å². The van der Waals surface area contributed by atoms with E-state index in [0.29, 0.717) is 16.5 Å². The molecule has 12 heteroatoms. The molecular formula is C20H15ClF5NO3S2. The lowest BCUT2D eigenvalue weighted by molar-refractivity contribution is 0.210. The van der Waals surface area contributed by atoms with Crippen LogP contribution in [0, 0.1) is 5.92 Å². The average molecular weight is 512 g/mol. The average Bonchev–Trinajstić information content (AvgIpc) is 2.97. The first-order chi connectivity index (χ1) is 14.7. The largest absolute Gasteiger partial charge is 0.494 e. The first-order valence-electron chi connectivity index (χ1n) is 9.47. The van der Waals surface area contributed by atoms with Gasteiger partial charge < -0.3 is 9.84 Å². The molecule has 1 saturated carbocycles. The highest BCUT2D eigenvalue weighted by molar-refractivity contribution is 8.45. The summed E-state index contributed by atoms with van der Waals surface area (Å²) >= 11 is 6.78. The Morgan fingerprint density at radius 1 is 1.06 bits per heavy atom. The molecule has 1 atom stereocenters. The second-order valence-electron chi connectivity index (χ2n) is 8.09. The van der Waals surface area contributed by atoms with Crippen LogP contribution in [0.2, 0.25) is 5.02 Å². The van der Waals surface area contributed by atoms with Crippen LogP contribution in [-0.2, 0) is 0 Å². The van der Waals surface area contributed by atoms with Crippen molar-refractivity contribution in [2.45, 2.75) is 29.6 Å². The van der Waals surface area contributed by atoms with Crippen LogP contribution in [0.1, 0.15) is 40.7 Å². The minimum Gasteiger partial charge on any atom is -0.494 e. The predicted octanol–water partition coefficient (Wildman–Crippen LogP) is 7.88. The Morgan fingerprint density at radius 2 is 1.78 bits per heavy atom. The van der Waals surface area contributed by atoms with Gasteiger partial charge in [0.05, 0.1) is 9.90 Å². The van der Waals surface area contributed by atoms with Crippen LogP contribution >= 0.6 is 33.2 Å². The molecule has 3 aliphatic carbocycles. The Labute approximate surface area is 187 Å². The van der Waals surface area contributed by atoms with Gasteiger partial charge in [-0.1, -0.05) is 48.4 Å². The van der Waals surface area contributed by atoms with Gasteiger partial charge in [-0.05, 0) is 66.1 Å². The van der Waals surface area contributed by atoms with Crippen molar-refractivity contribution >= 4 is 33.2 Å². The molecule has 1 aromatic heterocycles. The molecule has 0 unspecified atom stereocenters. The summed E-state index contributed by atoms with van der Waals surface area (Å²) in [7, 11) is -9.84. The second kappa shape index (κ2) is 6.21. The number of rotatable bonds is 4. The van der Waals surface area contributed by atoms with Crippen LogP contribution < -0.4 is 9.61 Å². The molecule has 0 amide bonds. The topological polar surface area (TPSA) is 62.3 Å². The van der Waals surface area contributed by atoms with Crippen molar-refractivity contribution in [1.82, 2.24) is 4.98 Å². The Balaban J connectivity index is 1.48. The smallest absolute Gasteiger partial charge is 0.310 e. The number of aromatic nitrogens is 1. The Hall–Kier alpha value is -2.24. The molecule has 32 heavy (non-hydrogen) atoms. The zero-order valence-corrected chi connectivity index (χ0v) is 18.3. The lowest BCUT2D eigenvalue weighted by Crippen LogP contribution is -2.34. The van der Waals surface area contributed by atoms with Crippen LogP contribution in [-0.4, -0.2) is 10.1 Å². The maximum atomic E-state index is 13.0. The molecule has 4 nitrogen and oxygen atoms in total. The van der Waals surface area contributed by atoms with E-state index < -0.39 is 20.1 Å². The normalized spacial score (nSPS) is 24.1. The minimum absolute atomic E-state index is 0.141. The molecule has 1 fully saturated rings. The third-order valence-electron chi connectivity index (χ3n) is 5.99. The van der Waals surface area contributed by atoms with Gasteiger partial charge in [-0.2, -0.15) is 0 Å². The lowest BCUT2D eigenvalue weighted by atomic mass is 9.57. The molecule has 0 spiro atoms. The van der Waals surface area contributed by atoms with E-state index in [4.69, 9.17) is 16.3 Å². The highest BCUT2D eigenvalue weighted by Gasteiger charge is 2.65. The fraction of sp³-hybridized carbons (Fsp3) is 0.250. The Morgan fingerprint density at radius 3 is 2.38 bits per heavy atom. The van der Waals surface area contributed by atoms with Crippen LogP contribution in [0.4, 0.5) is 19.4 Å². The molecule has 3 aliphatic rings. The molecule has 3 aromatic rings. The minimum atomic E-state index is -9.84. The number of H-pyrrole nitrogens is 1. The SMILES string of the molecule is O=c1[nH]c(O)c([C@H]2c3ccc(Oc4ccc(S(F)(F)(F)(F)F)cc4Cl)cc3C3CC2C3)s1. The van der Waals surface area contributed by atoms with Crippen molar-refractivity contribution in [2.24, 2.45) is 5.92 Å². The zero-order chi connectivity index (χ0) is 23.1. The van der Waals surface area contributed by atoms with E-state index in [1.807, 2.05) is 0 Å². The summed E-state index contributed by atoms with van der Waals surface area (Å²) < 4.78 is 70.6. The van der Waals surface area contributed by atoms with Gasteiger partial charge in [0, 0.05) is 5.92 Å². The summed E-state index contributed by atoms with van der Waals surface area (Å²) in [5.74, 6) is 0.383. The van der Waals surface area contributed by atoms with Gasteiger partial charge in [-0.15, -0.1) is 0 Å². The standard InChI is InChI=1S/C20H15ClF5NO3S2/c21-15-8-12(32(22,23,24,25)26)2-4-16(15)30-11-1-3-13-14(7-11)9-5-10(6-9)17(13)18-19(28)27-20(29)31-18/h1-4,7-10,17,28H,5-6H2,(H,27,29)/t9?,10?,17-/m1/s1. The molecule has 0 aliphatic heterocycles. The van der Waals surface area contributed by atoms with Crippen LogP contribution in [0.3, 0.4) is 0 Å². The van der Waals surface area contributed by atoms with E-state index >= 15 is 0 Å². The molecule has 6 rings (SSSR count). The summed E-state index contributed by atoms with van der Waals surface area (Å²) in [4.78, 5) is 12.2. The second-order valence-corrected chi connectivity index (χ2v) is 11.9. The number of ether oxygens (including phenoxy) is 1. The third-order valence-corrected chi connectivity index (χ3v) is 8.39. The van der Waals surface area contributed by atoms with E-state index in [1.165, 1.54) is 0 Å². The van der Waals surface area contributed by atoms with Crippen molar-refractivity contribution < 1.29 is 29.3 Å². The van der Waals surface area contributed by atoms with Crippen molar-refractivity contribution in [2.75, 3.05) is 0 Å². The van der Waals surface area contributed by atoms with Crippen LogP contribution in [0.15, 0.2) is 46.1 Å². The maximum Gasteiger partial charge on any atom is 0.310 e. The highest BCUT2D eigenvalue weighted by atomic mass is 35.5. The first kappa shape index (κ1) is 21.6. The van der Waals surface area contributed by atoms with Gasteiger partial charge >= 0.3 is 15.1 Å². The monoisotopic (exact) mass is 511 g/mol. The number of halogens is 6. The Bertz CT molecular complexity index is 1320. The van der Waals surface area contributed by atoms with Crippen molar-refractivity contribution in [3.8, 4) is 17.4 Å². The molecule has 0 saturated heterocycles. The quantitative estimate of drug-likeness (QED) is 0.350. The number of hydrogen-bond acceptors (Lipinski definition) is 4. The Kier molecular flexibility index (Phi) is 4.19. The number of thiazole rings is 1. The molecule has 2 aromatic carbocycles. The van der Waals surface area contributed by atoms with E-state index in [-0.39, 0.29) is 40.5 Å². The van der Waals surface area contributed by atoms with Gasteiger partial charge in [-0.25, -0.2) is 0 Å². The summed E-state index contributed by atoms with van der Waals surface area (Å²) in [5, 5.41) is 9.54. The molecule has 2 bridgehead atoms. The molecule has 0 radical (unpaired) electrons. The summed E-state index contributed by atoms with van der Waals surface area (Å²) in [5.41, 5.74) is 1.90. The van der Waals surface area contributed by atoms with Crippen molar-refractivity contribution in [1.29, 1.82) is 0 Å². The molecule has 1 heterocycles. The zero-order valence-electron chi connectivity index (χ0n) is 16.0. The highest BCUT2D eigenvalue weighted by Crippen LogP contribution is 3.02. The van der Waals surface area contributed by atoms with Crippen molar-refractivity contribution in [3.63, 3.8) is 0 Å². The van der Waals surface area contributed by atoms with Crippen LogP contribution in [0.25, 0.3) is 0 Å². The van der Waals surface area contributed by atoms with Crippen molar-refractivity contribution in [3.05, 3.63) is 67.1 Å². The maximum absolute atomic E-state index is 13.0. The summed E-state index contributed by atoms with van der Waals surface area (Å²) in [6.07, 6.45) is 1.73. The van der Waals surface area contributed by atoms with E-state index in [0.717, 1.165) is 41.4 Å². The van der Waals surface area contributed by atoms with Gasteiger partial charge in [0.25, 0.3) is 0 Å². The number of aromatic hydroxyl groups is 1. The number of aromatic amines is 1. The first-order valence-corrected chi connectivity index (χ1v) is 12.6. The lowest BCUT2D eigenvalue weighted by Gasteiger charge is -2.47. The van der Waals surface area contributed by atoms with Gasteiger partial charge in [0.15, 0.2) is 0 Å². The van der Waals surface area contributed by atoms with E-state index in [1.54, 1.807) is 18.2 Å². The third kappa shape index (κ3) is 3.65. The number of hydrogen-bond donors (Lipinski definition) is 2. The summed E-state index contributed by atoms with van der Waals surface area (Å²) in [6, 6.07) is 6.31. The van der Waals surface area contributed by atoms with E-state index in [2.05, 4.69) is 4.98 Å². The number of benzene rings is 2. The molecular weight excluding hydrogens is 497 g/mol. The van der Waals surface area contributed by atoms with Gasteiger partial charge in [-0.3, -0.25) is 9.78 Å². The summed E-state index contributed by atoms with van der Waals surface area (Å²) in [6.45, 7) is 0. The van der Waals surface area contributed by atoms with E-state index in [9.17, 15) is 29.3 Å². The van der Waals surface area contributed by atoms with Crippen LogP contribution in [0.5, 0.6) is 17.4 Å². The van der Waals surface area contributed by atoms with Gasteiger partial charge in [0.1, 0.15) is 16.4 Å². The number of nitrogens with one attached hydrogen (secondary N) is 1.